The van der Waals surface area contributed by atoms with Crippen molar-refractivity contribution in [1.82, 2.24) is 14.9 Å². The molecule has 1 fully saturated rings. The van der Waals surface area contributed by atoms with Crippen LogP contribution >= 0.6 is 0 Å². The first kappa shape index (κ1) is 18.1. The SMILES string of the molecule is CO[C@@]1(COc2cccc(C)c2)CCN(C(=O)c2cc(=O)[nH]c(C)n2)C1. The van der Waals surface area contributed by atoms with Crippen LogP contribution in [0.1, 0.15) is 28.3 Å². The largest absolute Gasteiger partial charge is 0.491 e. The summed E-state index contributed by atoms with van der Waals surface area (Å²) in [5.74, 6) is 0.924. The molecule has 7 heteroatoms. The fourth-order valence-electron chi connectivity index (χ4n) is 3.13. The molecular weight excluding hydrogens is 334 g/mol. The molecule has 1 aromatic carbocycles. The van der Waals surface area contributed by atoms with Gasteiger partial charge in [0, 0.05) is 19.7 Å². The van der Waals surface area contributed by atoms with Crippen LogP contribution in [0.2, 0.25) is 0 Å². The van der Waals surface area contributed by atoms with Gasteiger partial charge in [-0.1, -0.05) is 12.1 Å². The van der Waals surface area contributed by atoms with E-state index in [0.29, 0.717) is 31.9 Å². The Kier molecular flexibility index (Phi) is 5.08. The number of nitrogens with zero attached hydrogens (tertiary/aromatic N) is 2. The van der Waals surface area contributed by atoms with Crippen LogP contribution < -0.4 is 10.3 Å². The molecule has 0 bridgehead atoms. The summed E-state index contributed by atoms with van der Waals surface area (Å²) in [4.78, 5) is 32.6. The molecule has 2 aromatic rings. The number of benzene rings is 1. The maximum absolute atomic E-state index is 12.7. The number of hydrogen-bond donors (Lipinski definition) is 1. The van der Waals surface area contributed by atoms with Gasteiger partial charge in [-0.2, -0.15) is 0 Å². The van der Waals surface area contributed by atoms with E-state index in [1.807, 2.05) is 31.2 Å². The van der Waals surface area contributed by atoms with E-state index in [-0.39, 0.29) is 17.2 Å². The van der Waals surface area contributed by atoms with Crippen molar-refractivity contribution < 1.29 is 14.3 Å². The number of aryl methyl sites for hydroxylation is 2. The Morgan fingerprint density at radius 3 is 2.85 bits per heavy atom. The summed E-state index contributed by atoms with van der Waals surface area (Å²) in [6.07, 6.45) is 0.656. The van der Waals surface area contributed by atoms with Gasteiger partial charge in [0.2, 0.25) is 0 Å². The summed E-state index contributed by atoms with van der Waals surface area (Å²) < 4.78 is 11.6. The number of carbonyl (C=O) groups is 1. The van der Waals surface area contributed by atoms with Gasteiger partial charge < -0.3 is 19.4 Å². The van der Waals surface area contributed by atoms with Crippen LogP contribution in [-0.2, 0) is 4.74 Å². The van der Waals surface area contributed by atoms with Gasteiger partial charge in [0.15, 0.2) is 0 Å². The molecule has 0 saturated carbocycles. The van der Waals surface area contributed by atoms with Gasteiger partial charge in [0.05, 0.1) is 6.54 Å². The number of amides is 1. The lowest BCUT2D eigenvalue weighted by molar-refractivity contribution is -0.0343. The number of aromatic nitrogens is 2. The molecule has 0 radical (unpaired) electrons. The van der Waals surface area contributed by atoms with Crippen molar-refractivity contribution in [3.63, 3.8) is 0 Å². The van der Waals surface area contributed by atoms with Crippen LogP contribution in [0.25, 0.3) is 0 Å². The van der Waals surface area contributed by atoms with Crippen LogP contribution in [0, 0.1) is 13.8 Å². The molecule has 1 amide bonds. The summed E-state index contributed by atoms with van der Waals surface area (Å²) >= 11 is 0. The Morgan fingerprint density at radius 2 is 2.15 bits per heavy atom. The Labute approximate surface area is 152 Å². The standard InChI is InChI=1S/C19H23N3O4/c1-13-5-4-6-15(9-13)26-12-19(25-3)7-8-22(11-19)18(24)16-10-17(23)21-14(2)20-16/h4-6,9-10H,7-8,11-12H2,1-3H3,(H,20,21,23)/t19-/m0/s1. The lowest BCUT2D eigenvalue weighted by Gasteiger charge is -2.27. The zero-order valence-corrected chi connectivity index (χ0v) is 15.2. The Morgan fingerprint density at radius 1 is 1.35 bits per heavy atom. The summed E-state index contributed by atoms with van der Waals surface area (Å²) in [6, 6.07) is 9.04. The van der Waals surface area contributed by atoms with E-state index in [0.717, 1.165) is 11.3 Å². The molecule has 138 valence electrons. The minimum absolute atomic E-state index is 0.151. The average molecular weight is 357 g/mol. The van der Waals surface area contributed by atoms with E-state index >= 15 is 0 Å². The molecule has 0 unspecified atom stereocenters. The topological polar surface area (TPSA) is 84.5 Å². The second-order valence-corrected chi connectivity index (χ2v) is 6.69. The van der Waals surface area contributed by atoms with E-state index in [4.69, 9.17) is 9.47 Å². The molecule has 2 heterocycles. The highest BCUT2D eigenvalue weighted by Gasteiger charge is 2.41. The van der Waals surface area contributed by atoms with Crippen LogP contribution in [-0.4, -0.2) is 53.2 Å². The van der Waals surface area contributed by atoms with E-state index in [1.54, 1.807) is 18.9 Å². The van der Waals surface area contributed by atoms with Gasteiger partial charge in [-0.3, -0.25) is 9.59 Å². The summed E-state index contributed by atoms with van der Waals surface area (Å²) in [7, 11) is 1.63. The zero-order chi connectivity index (χ0) is 18.7. The molecule has 1 aromatic heterocycles. The molecule has 1 atom stereocenters. The fourth-order valence-corrected chi connectivity index (χ4v) is 3.13. The molecule has 1 aliphatic heterocycles. The number of hydrogen-bond acceptors (Lipinski definition) is 5. The highest BCUT2D eigenvalue weighted by molar-refractivity contribution is 5.92. The zero-order valence-electron chi connectivity index (χ0n) is 15.2. The first-order valence-corrected chi connectivity index (χ1v) is 8.53. The van der Waals surface area contributed by atoms with Crippen molar-refractivity contribution >= 4 is 5.91 Å². The van der Waals surface area contributed by atoms with Crippen LogP contribution in [0.4, 0.5) is 0 Å². The summed E-state index contributed by atoms with van der Waals surface area (Å²) in [6.45, 7) is 4.92. The number of likely N-dealkylation sites (tertiary alicyclic amines) is 1. The smallest absolute Gasteiger partial charge is 0.272 e. The van der Waals surface area contributed by atoms with Crippen molar-refractivity contribution in [2.45, 2.75) is 25.9 Å². The fraction of sp³-hybridized carbons (Fsp3) is 0.421. The number of methoxy groups -OCH3 is 1. The van der Waals surface area contributed by atoms with Crippen molar-refractivity contribution in [2.75, 3.05) is 26.8 Å². The van der Waals surface area contributed by atoms with Crippen molar-refractivity contribution in [3.05, 3.63) is 57.8 Å². The van der Waals surface area contributed by atoms with Gasteiger partial charge in [-0.15, -0.1) is 0 Å². The minimum Gasteiger partial charge on any atom is -0.491 e. The third-order valence-electron chi connectivity index (χ3n) is 4.61. The van der Waals surface area contributed by atoms with E-state index in [9.17, 15) is 9.59 Å². The summed E-state index contributed by atoms with van der Waals surface area (Å²) in [5, 5.41) is 0. The van der Waals surface area contributed by atoms with Crippen molar-refractivity contribution in [1.29, 1.82) is 0 Å². The number of nitrogens with one attached hydrogen (secondary N) is 1. The lowest BCUT2D eigenvalue weighted by atomic mass is 10.0. The molecule has 0 spiro atoms. The highest BCUT2D eigenvalue weighted by Crippen LogP contribution is 2.27. The predicted octanol–water partition coefficient (Wildman–Crippen LogP) is 1.70. The molecule has 1 N–H and O–H groups in total. The van der Waals surface area contributed by atoms with Gasteiger partial charge in [0.25, 0.3) is 11.5 Å². The predicted molar refractivity (Wildman–Crippen MR) is 96.5 cm³/mol. The van der Waals surface area contributed by atoms with Crippen LogP contribution in [0.3, 0.4) is 0 Å². The van der Waals surface area contributed by atoms with Gasteiger partial charge >= 0.3 is 0 Å². The normalized spacial score (nSPS) is 19.6. The van der Waals surface area contributed by atoms with E-state index in [2.05, 4.69) is 9.97 Å². The highest BCUT2D eigenvalue weighted by atomic mass is 16.5. The lowest BCUT2D eigenvalue weighted by Crippen LogP contribution is -2.42. The molecule has 1 saturated heterocycles. The van der Waals surface area contributed by atoms with Gasteiger partial charge in [-0.25, -0.2) is 4.98 Å². The Hall–Kier alpha value is -2.67. The Bertz CT molecular complexity index is 864. The van der Waals surface area contributed by atoms with Crippen LogP contribution in [0.5, 0.6) is 5.75 Å². The molecule has 3 rings (SSSR count). The third-order valence-corrected chi connectivity index (χ3v) is 4.61. The number of ether oxygens (including phenoxy) is 2. The first-order valence-electron chi connectivity index (χ1n) is 8.53. The molecule has 0 aliphatic carbocycles. The molecule has 26 heavy (non-hydrogen) atoms. The summed E-state index contributed by atoms with van der Waals surface area (Å²) in [5.41, 5.74) is 0.363. The van der Waals surface area contributed by atoms with Crippen LogP contribution in [0.15, 0.2) is 35.1 Å². The van der Waals surface area contributed by atoms with Crippen molar-refractivity contribution in [3.8, 4) is 5.75 Å². The molecule has 1 aliphatic rings. The number of rotatable bonds is 5. The maximum Gasteiger partial charge on any atom is 0.272 e. The second-order valence-electron chi connectivity index (χ2n) is 6.69. The number of carbonyl (C=O) groups excluding carboxylic acids is 1. The first-order chi connectivity index (χ1) is 12.4. The molecular formula is C19H23N3O4. The Balaban J connectivity index is 1.70. The quantitative estimate of drug-likeness (QED) is 0.880. The van der Waals surface area contributed by atoms with E-state index < -0.39 is 5.60 Å². The third kappa shape index (κ3) is 3.94. The maximum atomic E-state index is 12.7. The van der Waals surface area contributed by atoms with Crippen molar-refractivity contribution in [2.24, 2.45) is 0 Å². The molecule has 7 nitrogen and oxygen atoms in total. The van der Waals surface area contributed by atoms with Gasteiger partial charge in [-0.05, 0) is 38.0 Å². The monoisotopic (exact) mass is 357 g/mol. The number of H-pyrrole nitrogens is 1. The number of aromatic amines is 1. The van der Waals surface area contributed by atoms with E-state index in [1.165, 1.54) is 6.07 Å². The second kappa shape index (κ2) is 7.29. The van der Waals surface area contributed by atoms with Gasteiger partial charge in [0.1, 0.15) is 29.5 Å². The minimum atomic E-state index is -0.574. The average Bonchev–Trinajstić information content (AvgIpc) is 3.04.